The van der Waals surface area contributed by atoms with Crippen molar-refractivity contribution in [2.75, 3.05) is 27.3 Å². The highest BCUT2D eigenvalue weighted by Gasteiger charge is 2.39. The molecule has 2 aliphatic heterocycles. The van der Waals surface area contributed by atoms with Gasteiger partial charge >= 0.3 is 12.2 Å². The summed E-state index contributed by atoms with van der Waals surface area (Å²) in [4.78, 5) is 75.2. The SMILES string of the molecule is COC(=O)NC(C(=O)N1CCC[C@@H]1c1ncc(-c2ccc3[nH]c4c(c3c2)CCc2cc(-c3cnc([C@H]5CCCN5C(=O)[C@@H](NC(=O)OC)C(C)C)[nH]3)ccc2-4)[nH]1)C(C)C. The van der Waals surface area contributed by atoms with Gasteiger partial charge in [0.25, 0.3) is 0 Å². The number of nitrogens with one attached hydrogen (secondary N) is 5. The van der Waals surface area contributed by atoms with Crippen molar-refractivity contribution in [1.29, 1.82) is 0 Å². The monoisotopic (exact) mass is 803 g/mol. The number of benzene rings is 2. The van der Waals surface area contributed by atoms with Crippen molar-refractivity contribution in [2.24, 2.45) is 11.8 Å². The predicted octanol–water partition coefficient (Wildman–Crippen LogP) is 6.80. The first kappa shape index (κ1) is 39.7. The third-order valence-electron chi connectivity index (χ3n) is 12.2. The van der Waals surface area contributed by atoms with E-state index >= 15 is 0 Å². The Balaban J connectivity index is 0.995. The second-order valence-electron chi connectivity index (χ2n) is 16.6. The summed E-state index contributed by atoms with van der Waals surface area (Å²) < 4.78 is 9.57. The van der Waals surface area contributed by atoms with Gasteiger partial charge in [-0.25, -0.2) is 19.6 Å². The highest BCUT2D eigenvalue weighted by Crippen LogP contribution is 2.41. The molecule has 0 saturated carbocycles. The van der Waals surface area contributed by atoms with Crippen LogP contribution in [-0.2, 0) is 31.9 Å². The number of H-pyrrole nitrogens is 3. The number of rotatable bonds is 10. The molecular formula is C44H53N9O6. The molecule has 5 aromatic rings. The molecule has 1 unspecified atom stereocenters. The number of imidazole rings is 2. The molecular weight excluding hydrogens is 751 g/mol. The van der Waals surface area contributed by atoms with Crippen molar-refractivity contribution in [2.45, 2.75) is 90.4 Å². The van der Waals surface area contributed by atoms with Gasteiger partial charge in [-0.05, 0) is 85.3 Å². The number of carbonyl (C=O) groups is 4. The molecule has 15 heteroatoms. The van der Waals surface area contributed by atoms with Crippen molar-refractivity contribution in [1.82, 2.24) is 45.4 Å². The van der Waals surface area contributed by atoms with E-state index in [4.69, 9.17) is 19.4 Å². The van der Waals surface area contributed by atoms with E-state index < -0.39 is 24.3 Å². The summed E-state index contributed by atoms with van der Waals surface area (Å²) in [7, 11) is 2.59. The van der Waals surface area contributed by atoms with E-state index in [2.05, 4.69) is 62.0 Å². The summed E-state index contributed by atoms with van der Waals surface area (Å²) in [6, 6.07) is 11.2. The number of likely N-dealkylation sites (tertiary alicyclic amines) is 2. The number of aromatic nitrogens is 5. The van der Waals surface area contributed by atoms with Gasteiger partial charge in [-0.15, -0.1) is 0 Å². The van der Waals surface area contributed by atoms with Gasteiger partial charge in [0.1, 0.15) is 23.7 Å². The molecule has 5 N–H and O–H groups in total. The molecule has 59 heavy (non-hydrogen) atoms. The number of hydrogen-bond acceptors (Lipinski definition) is 8. The maximum atomic E-state index is 13.7. The topological polar surface area (TPSA) is 190 Å². The first-order chi connectivity index (χ1) is 28.4. The van der Waals surface area contributed by atoms with E-state index in [1.54, 1.807) is 0 Å². The number of carbonyl (C=O) groups excluding carboxylic acids is 4. The third-order valence-corrected chi connectivity index (χ3v) is 12.2. The minimum absolute atomic E-state index is 0.105. The van der Waals surface area contributed by atoms with Crippen LogP contribution in [0.4, 0.5) is 9.59 Å². The molecule has 3 aliphatic rings. The summed E-state index contributed by atoms with van der Waals surface area (Å²) in [5, 5.41) is 6.60. The van der Waals surface area contributed by atoms with Gasteiger partial charge in [0, 0.05) is 40.8 Å². The quantitative estimate of drug-likeness (QED) is 0.102. The standard InChI is InChI=1S/C44H53N9O6/c1-23(2)36(50-43(56)58-5)41(54)52-17-7-9-34(52)39-45-21-32(48-39)26-12-14-28-25(19-26)11-15-29-30-20-27(13-16-31(30)47-38(28)29)33-22-46-40(49-33)35-10-8-18-53(35)42(55)37(24(3)4)51-44(57)59-6/h12-14,16,19-24,34-37,47H,7-11,15,17-18H2,1-6H3,(H,45,48)(H,46,49)(H,50,56)(H,51,57)/t34-,35-,36+,37?/m1/s1. The number of nitrogens with zero attached hydrogens (tertiary/aromatic N) is 4. The third kappa shape index (κ3) is 7.54. The molecule has 15 nitrogen and oxygen atoms in total. The molecule has 2 saturated heterocycles. The second kappa shape index (κ2) is 16.3. The summed E-state index contributed by atoms with van der Waals surface area (Å²) in [6.45, 7) is 8.83. The van der Waals surface area contributed by atoms with Gasteiger partial charge in [0.2, 0.25) is 11.8 Å². The van der Waals surface area contributed by atoms with Crippen LogP contribution in [0.2, 0.25) is 0 Å². The van der Waals surface area contributed by atoms with Crippen molar-refractivity contribution in [3.63, 3.8) is 0 Å². The fourth-order valence-corrected chi connectivity index (χ4v) is 9.07. The van der Waals surface area contributed by atoms with Crippen LogP contribution < -0.4 is 10.6 Å². The summed E-state index contributed by atoms with van der Waals surface area (Å²) >= 11 is 0. The first-order valence-electron chi connectivity index (χ1n) is 20.6. The van der Waals surface area contributed by atoms with Crippen molar-refractivity contribution in [3.8, 4) is 33.8 Å². The largest absolute Gasteiger partial charge is 0.453 e. The minimum atomic E-state index is -0.691. The number of aromatic amines is 3. The minimum Gasteiger partial charge on any atom is -0.453 e. The molecule has 3 aromatic heterocycles. The van der Waals surface area contributed by atoms with E-state index in [9.17, 15) is 19.2 Å². The summed E-state index contributed by atoms with van der Waals surface area (Å²) in [5.74, 6) is 0.995. The first-order valence-corrected chi connectivity index (χ1v) is 20.6. The Bertz CT molecular complexity index is 2390. The van der Waals surface area contributed by atoms with Gasteiger partial charge in [0.15, 0.2) is 0 Å². The summed E-state index contributed by atoms with van der Waals surface area (Å²) in [5.41, 5.74) is 9.72. The Kier molecular flexibility index (Phi) is 10.9. The Morgan fingerprint density at radius 1 is 0.712 bits per heavy atom. The smallest absolute Gasteiger partial charge is 0.407 e. The van der Waals surface area contributed by atoms with Crippen molar-refractivity contribution in [3.05, 3.63) is 71.6 Å². The Morgan fingerprint density at radius 2 is 1.24 bits per heavy atom. The van der Waals surface area contributed by atoms with Crippen molar-refractivity contribution >= 4 is 34.9 Å². The zero-order valence-corrected chi connectivity index (χ0v) is 34.5. The van der Waals surface area contributed by atoms with Crippen molar-refractivity contribution < 1.29 is 28.7 Å². The lowest BCUT2D eigenvalue weighted by Gasteiger charge is -2.30. The van der Waals surface area contributed by atoms with Gasteiger partial charge < -0.3 is 44.9 Å². The number of ether oxygens (including phenoxy) is 2. The molecule has 0 bridgehead atoms. The highest BCUT2D eigenvalue weighted by molar-refractivity contribution is 5.95. The van der Waals surface area contributed by atoms with Crippen LogP contribution in [0.1, 0.15) is 88.2 Å². The number of methoxy groups -OCH3 is 2. The lowest BCUT2D eigenvalue weighted by Crippen LogP contribution is -2.51. The van der Waals surface area contributed by atoms with Gasteiger partial charge in [-0.1, -0.05) is 45.9 Å². The molecule has 4 amide bonds. The molecule has 310 valence electrons. The van der Waals surface area contributed by atoms with Crippen LogP contribution in [0.15, 0.2) is 48.8 Å². The number of amides is 4. The van der Waals surface area contributed by atoms with E-state index in [0.717, 1.165) is 83.9 Å². The maximum Gasteiger partial charge on any atom is 0.407 e. The molecule has 1 aliphatic carbocycles. The predicted molar refractivity (Wildman–Crippen MR) is 222 cm³/mol. The number of alkyl carbamates (subject to hydrolysis) is 2. The van der Waals surface area contributed by atoms with Crippen LogP contribution in [0.5, 0.6) is 0 Å². The van der Waals surface area contributed by atoms with E-state index in [1.807, 2.05) is 49.9 Å². The molecule has 8 rings (SSSR count). The van der Waals surface area contributed by atoms with Gasteiger partial charge in [-0.3, -0.25) is 9.59 Å². The summed E-state index contributed by atoms with van der Waals surface area (Å²) in [6.07, 6.45) is 7.47. The molecule has 0 spiro atoms. The molecule has 2 aromatic carbocycles. The number of fused-ring (bicyclic) bond motifs is 5. The maximum absolute atomic E-state index is 13.7. The fraction of sp³-hybridized carbons (Fsp3) is 0.455. The Labute approximate surface area is 343 Å². The zero-order chi connectivity index (χ0) is 41.5. The van der Waals surface area contributed by atoms with Crippen LogP contribution in [0.25, 0.3) is 44.7 Å². The van der Waals surface area contributed by atoms with Crippen LogP contribution in [0.3, 0.4) is 0 Å². The van der Waals surface area contributed by atoms with Crippen LogP contribution >= 0.6 is 0 Å². The molecule has 4 atom stereocenters. The highest BCUT2D eigenvalue weighted by atomic mass is 16.5. The van der Waals surface area contributed by atoms with Crippen LogP contribution in [-0.4, -0.2) is 98.1 Å². The van der Waals surface area contributed by atoms with E-state index in [0.29, 0.717) is 13.1 Å². The lowest BCUT2D eigenvalue weighted by molar-refractivity contribution is -0.136. The van der Waals surface area contributed by atoms with E-state index in [-0.39, 0.29) is 35.7 Å². The van der Waals surface area contributed by atoms with E-state index in [1.165, 1.54) is 36.3 Å². The average Bonchev–Trinajstić information content (AvgIpc) is 4.09. The molecule has 0 radical (unpaired) electrons. The number of hydrogen-bond donors (Lipinski definition) is 5. The van der Waals surface area contributed by atoms with Gasteiger partial charge in [-0.2, -0.15) is 0 Å². The lowest BCUT2D eigenvalue weighted by atomic mass is 9.87. The fourth-order valence-electron chi connectivity index (χ4n) is 9.07. The normalized spacial score (nSPS) is 18.5. The Hall–Kier alpha value is -6.12. The zero-order valence-electron chi connectivity index (χ0n) is 34.5. The second-order valence-corrected chi connectivity index (χ2v) is 16.6. The molecule has 5 heterocycles. The Morgan fingerprint density at radius 3 is 1.76 bits per heavy atom. The average molecular weight is 804 g/mol. The molecule has 2 fully saturated rings. The van der Waals surface area contributed by atoms with Crippen LogP contribution in [0, 0.1) is 11.8 Å². The number of aryl methyl sites for hydroxylation is 2. The van der Waals surface area contributed by atoms with Gasteiger partial charge in [0.05, 0.1) is 50.1 Å².